The van der Waals surface area contributed by atoms with Crippen molar-refractivity contribution in [1.29, 1.82) is 0 Å². The Hall–Kier alpha value is -3.16. The van der Waals surface area contributed by atoms with Crippen molar-refractivity contribution in [2.45, 2.75) is 6.92 Å². The number of fused-ring (bicyclic) bond motifs is 1. The second kappa shape index (κ2) is 8.76. The molecule has 1 saturated heterocycles. The predicted molar refractivity (Wildman–Crippen MR) is 132 cm³/mol. The lowest BCUT2D eigenvalue weighted by molar-refractivity contribution is 0.103. The molecule has 4 aromatic rings. The van der Waals surface area contributed by atoms with Crippen molar-refractivity contribution in [2.75, 3.05) is 41.3 Å². The number of benzene rings is 2. The number of aromatic nitrogens is 2. The van der Waals surface area contributed by atoms with Gasteiger partial charge in [0.15, 0.2) is 0 Å². The topological polar surface area (TPSA) is 61.4 Å². The Balaban J connectivity index is 1.39. The average Bonchev–Trinajstić information content (AvgIpc) is 3.17. The first-order chi connectivity index (χ1) is 15.6. The molecular weight excluding hydrogens is 442 g/mol. The van der Waals surface area contributed by atoms with Crippen LogP contribution in [-0.4, -0.2) is 42.1 Å². The number of carbonyl (C=O) groups is 1. The van der Waals surface area contributed by atoms with Gasteiger partial charge in [-0.1, -0.05) is 35.9 Å². The Labute approximate surface area is 195 Å². The molecular formula is C24H22ClN5OS. The van der Waals surface area contributed by atoms with Crippen LogP contribution in [0.15, 0.2) is 60.9 Å². The first-order valence-electron chi connectivity index (χ1n) is 10.5. The minimum absolute atomic E-state index is 0.160. The molecule has 32 heavy (non-hydrogen) atoms. The monoisotopic (exact) mass is 463 g/mol. The number of rotatable bonds is 4. The van der Waals surface area contributed by atoms with Crippen molar-refractivity contribution in [1.82, 2.24) is 9.97 Å². The molecule has 3 heterocycles. The Bertz CT molecular complexity index is 1270. The van der Waals surface area contributed by atoms with Gasteiger partial charge in [-0.05, 0) is 42.8 Å². The van der Waals surface area contributed by atoms with E-state index in [1.807, 2.05) is 25.1 Å². The number of hydrogen-bond acceptors (Lipinski definition) is 6. The summed E-state index contributed by atoms with van der Waals surface area (Å²) in [5.41, 5.74) is 2.82. The van der Waals surface area contributed by atoms with Crippen molar-refractivity contribution >= 4 is 56.3 Å². The summed E-state index contributed by atoms with van der Waals surface area (Å²) in [6, 6.07) is 17.6. The van der Waals surface area contributed by atoms with Crippen molar-refractivity contribution in [2.24, 2.45) is 0 Å². The zero-order chi connectivity index (χ0) is 22.1. The maximum Gasteiger partial charge on any atom is 0.266 e. The number of piperazine rings is 1. The molecule has 0 saturated carbocycles. The van der Waals surface area contributed by atoms with Crippen LogP contribution in [0.1, 0.15) is 15.2 Å². The van der Waals surface area contributed by atoms with Crippen molar-refractivity contribution in [3.63, 3.8) is 0 Å². The fourth-order valence-corrected chi connectivity index (χ4v) is 5.31. The van der Waals surface area contributed by atoms with Crippen LogP contribution >= 0.6 is 22.9 Å². The number of amides is 1. The third-order valence-corrected chi connectivity index (χ3v) is 7.13. The maximum absolute atomic E-state index is 13.0. The lowest BCUT2D eigenvalue weighted by Gasteiger charge is -2.37. The number of thiophene rings is 1. The lowest BCUT2D eigenvalue weighted by Crippen LogP contribution is -2.46. The van der Waals surface area contributed by atoms with Crippen molar-refractivity contribution < 1.29 is 4.79 Å². The van der Waals surface area contributed by atoms with Crippen LogP contribution in [-0.2, 0) is 0 Å². The number of carbonyl (C=O) groups excluding carboxylic acids is 1. The molecule has 8 heteroatoms. The highest BCUT2D eigenvalue weighted by Gasteiger charge is 2.24. The molecule has 0 aliphatic carbocycles. The molecule has 6 nitrogen and oxygen atoms in total. The first kappa shape index (κ1) is 20.7. The van der Waals surface area contributed by atoms with Crippen LogP contribution in [0.25, 0.3) is 10.2 Å². The molecule has 1 aliphatic heterocycles. The summed E-state index contributed by atoms with van der Waals surface area (Å²) in [6.07, 6.45) is 1.59. The summed E-state index contributed by atoms with van der Waals surface area (Å²) < 4.78 is 0. The zero-order valence-corrected chi connectivity index (χ0v) is 19.2. The Morgan fingerprint density at radius 1 is 1.00 bits per heavy atom. The molecule has 0 atom stereocenters. The summed E-state index contributed by atoms with van der Waals surface area (Å²) in [6.45, 7) is 5.53. The van der Waals surface area contributed by atoms with Gasteiger partial charge in [0, 0.05) is 42.6 Å². The van der Waals surface area contributed by atoms with E-state index in [1.54, 1.807) is 18.5 Å². The normalized spacial score (nSPS) is 14.1. The fourth-order valence-electron chi connectivity index (χ4n) is 4.08. The molecule has 0 bridgehead atoms. The molecule has 0 unspecified atom stereocenters. The van der Waals surface area contributed by atoms with E-state index in [0.29, 0.717) is 15.6 Å². The largest absolute Gasteiger partial charge is 0.368 e. The quantitative estimate of drug-likeness (QED) is 0.449. The van der Waals surface area contributed by atoms with E-state index in [0.717, 1.165) is 47.8 Å². The summed E-state index contributed by atoms with van der Waals surface area (Å²) in [5.74, 6) is 0.742. The molecule has 1 fully saturated rings. The maximum atomic E-state index is 13.0. The number of anilines is 3. The number of para-hydroxylation sites is 1. The summed E-state index contributed by atoms with van der Waals surface area (Å²) >= 11 is 7.45. The highest BCUT2D eigenvalue weighted by Crippen LogP contribution is 2.36. The number of aryl methyl sites for hydroxylation is 1. The highest BCUT2D eigenvalue weighted by molar-refractivity contribution is 7.20. The Morgan fingerprint density at radius 3 is 2.50 bits per heavy atom. The van der Waals surface area contributed by atoms with Crippen LogP contribution in [0.4, 0.5) is 17.2 Å². The third-order valence-electron chi connectivity index (χ3n) is 5.70. The SMILES string of the molecule is Cc1c(C(=O)Nc2cccc(Cl)c2)sc2ncnc(N3CCN(c4ccccc4)CC3)c12. The van der Waals surface area contributed by atoms with Gasteiger partial charge < -0.3 is 15.1 Å². The smallest absolute Gasteiger partial charge is 0.266 e. The van der Waals surface area contributed by atoms with E-state index in [2.05, 4.69) is 49.4 Å². The van der Waals surface area contributed by atoms with Crippen molar-refractivity contribution in [3.8, 4) is 0 Å². The summed E-state index contributed by atoms with van der Waals surface area (Å²) in [4.78, 5) is 28.2. The van der Waals surface area contributed by atoms with Crippen LogP contribution < -0.4 is 15.1 Å². The molecule has 1 aliphatic rings. The highest BCUT2D eigenvalue weighted by atomic mass is 35.5. The minimum atomic E-state index is -0.160. The van der Waals surface area contributed by atoms with Crippen LogP contribution in [0, 0.1) is 6.92 Å². The van der Waals surface area contributed by atoms with Crippen LogP contribution in [0.2, 0.25) is 5.02 Å². The molecule has 1 N–H and O–H groups in total. The number of hydrogen-bond donors (Lipinski definition) is 1. The first-order valence-corrected chi connectivity index (χ1v) is 11.7. The predicted octanol–water partition coefficient (Wildman–Crippen LogP) is 5.23. The summed E-state index contributed by atoms with van der Waals surface area (Å²) in [5, 5.41) is 4.48. The standard InChI is InChI=1S/C24H22ClN5OS/c1-16-20-22(30-12-10-29(11-13-30)19-8-3-2-4-9-19)26-15-27-24(20)32-21(16)23(31)28-18-7-5-6-17(25)14-18/h2-9,14-15H,10-13H2,1H3,(H,28,31). The van der Waals surface area contributed by atoms with Gasteiger partial charge in [-0.2, -0.15) is 0 Å². The van der Waals surface area contributed by atoms with E-state index in [4.69, 9.17) is 11.6 Å². The van der Waals surface area contributed by atoms with E-state index < -0.39 is 0 Å². The molecule has 1 amide bonds. The molecule has 5 rings (SSSR count). The number of nitrogens with one attached hydrogen (secondary N) is 1. The van der Waals surface area contributed by atoms with Gasteiger partial charge >= 0.3 is 0 Å². The van der Waals surface area contributed by atoms with Gasteiger partial charge in [-0.15, -0.1) is 11.3 Å². The number of halogens is 1. The van der Waals surface area contributed by atoms with Crippen molar-refractivity contribution in [3.05, 3.63) is 76.4 Å². The lowest BCUT2D eigenvalue weighted by atomic mass is 10.1. The van der Waals surface area contributed by atoms with E-state index in [9.17, 15) is 4.79 Å². The molecule has 2 aromatic heterocycles. The second-order valence-electron chi connectivity index (χ2n) is 7.71. The fraction of sp³-hybridized carbons (Fsp3) is 0.208. The van der Waals surface area contributed by atoms with Gasteiger partial charge in [0.25, 0.3) is 5.91 Å². The van der Waals surface area contributed by atoms with Crippen LogP contribution in [0.5, 0.6) is 0 Å². The van der Waals surface area contributed by atoms with Gasteiger partial charge in [0.2, 0.25) is 0 Å². The molecule has 0 radical (unpaired) electrons. The number of nitrogens with zero attached hydrogens (tertiary/aromatic N) is 4. The van der Waals surface area contributed by atoms with E-state index >= 15 is 0 Å². The summed E-state index contributed by atoms with van der Waals surface area (Å²) in [7, 11) is 0. The molecule has 162 valence electrons. The van der Waals surface area contributed by atoms with E-state index in [1.165, 1.54) is 17.0 Å². The average molecular weight is 464 g/mol. The third kappa shape index (κ3) is 4.01. The molecule has 2 aromatic carbocycles. The van der Waals surface area contributed by atoms with Gasteiger partial charge in [0.05, 0.1) is 10.3 Å². The zero-order valence-electron chi connectivity index (χ0n) is 17.6. The molecule has 0 spiro atoms. The van der Waals surface area contributed by atoms with Gasteiger partial charge in [-0.3, -0.25) is 4.79 Å². The van der Waals surface area contributed by atoms with Gasteiger partial charge in [-0.25, -0.2) is 9.97 Å². The van der Waals surface area contributed by atoms with E-state index in [-0.39, 0.29) is 5.91 Å². The van der Waals surface area contributed by atoms with Crippen LogP contribution in [0.3, 0.4) is 0 Å². The minimum Gasteiger partial charge on any atom is -0.368 e. The van der Waals surface area contributed by atoms with Gasteiger partial charge in [0.1, 0.15) is 17.0 Å². The Morgan fingerprint density at radius 2 is 1.75 bits per heavy atom. The second-order valence-corrected chi connectivity index (χ2v) is 9.14. The Kier molecular flexibility index (Phi) is 5.68.